The van der Waals surface area contributed by atoms with Crippen molar-refractivity contribution in [1.82, 2.24) is 0 Å². The van der Waals surface area contributed by atoms with Crippen molar-refractivity contribution in [3.8, 4) is 0 Å². The number of carbonyl (C=O) groups is 3. The molecule has 2 atom stereocenters. The van der Waals surface area contributed by atoms with Gasteiger partial charge in [0.15, 0.2) is 12.4 Å². The number of hydrogen-bond acceptors (Lipinski definition) is 8. The average Bonchev–Trinajstić information content (AvgIpc) is 3.44. The lowest BCUT2D eigenvalue weighted by molar-refractivity contribution is -0.870. The second kappa shape index (κ2) is 61.8. The third-order valence-corrected chi connectivity index (χ3v) is 13.7. The van der Waals surface area contributed by atoms with E-state index in [0.717, 1.165) is 83.5 Å². The lowest BCUT2D eigenvalue weighted by Crippen LogP contribution is -2.44. The highest BCUT2D eigenvalue weighted by Crippen LogP contribution is 2.17. The van der Waals surface area contributed by atoms with Crippen LogP contribution in [0.4, 0.5) is 0 Å². The van der Waals surface area contributed by atoms with E-state index >= 15 is 0 Å². The van der Waals surface area contributed by atoms with E-state index in [4.69, 9.17) is 18.9 Å². The Morgan fingerprint density at radius 1 is 0.370 bits per heavy atom. The van der Waals surface area contributed by atoms with Crippen LogP contribution in [0.5, 0.6) is 0 Å². The van der Waals surface area contributed by atoms with Crippen molar-refractivity contribution >= 4 is 17.9 Å². The maximum absolute atomic E-state index is 12.8. The Hall–Kier alpha value is -4.31. The zero-order valence-corrected chi connectivity index (χ0v) is 52.6. The second-order valence-electron chi connectivity index (χ2n) is 22.6. The van der Waals surface area contributed by atoms with Gasteiger partial charge in [-0.1, -0.05) is 277 Å². The predicted molar refractivity (Wildman–Crippen MR) is 343 cm³/mol. The molecular formula is C72H121NO8. The number of hydrogen-bond donors (Lipinski definition) is 0. The number of esters is 2. The van der Waals surface area contributed by atoms with E-state index < -0.39 is 24.3 Å². The summed E-state index contributed by atoms with van der Waals surface area (Å²) in [4.78, 5) is 37.3. The van der Waals surface area contributed by atoms with E-state index in [-0.39, 0.29) is 38.6 Å². The molecule has 9 heteroatoms. The fourth-order valence-electron chi connectivity index (χ4n) is 8.79. The first-order valence-corrected chi connectivity index (χ1v) is 32.7. The van der Waals surface area contributed by atoms with Crippen LogP contribution in [-0.2, 0) is 33.3 Å². The molecule has 0 heterocycles. The smallest absolute Gasteiger partial charge is 0.306 e. The predicted octanol–water partition coefficient (Wildman–Crippen LogP) is 18.7. The van der Waals surface area contributed by atoms with Gasteiger partial charge in [0.2, 0.25) is 0 Å². The molecule has 0 aliphatic rings. The SMILES string of the molecule is CC/C=C\C/C=C\C/C=C\C/C=C\C/C=C\C/C=C\CCC(=O)OC(COC(=O)CCCCCCCCCCCCCCCCCCCCCCCCCC/C=C\C/C=C\C/C=C\C/C=C\CC)COC(OCC[N+](C)(C)C)C(=O)[O-]. The molecule has 0 fully saturated rings. The number of carboxylic acids is 1. The number of ether oxygens (including phenoxy) is 4. The van der Waals surface area contributed by atoms with Crippen LogP contribution in [0.1, 0.15) is 258 Å². The highest BCUT2D eigenvalue weighted by atomic mass is 16.7. The molecule has 0 radical (unpaired) electrons. The Bertz CT molecular complexity index is 1740. The van der Waals surface area contributed by atoms with Gasteiger partial charge in [-0.3, -0.25) is 9.59 Å². The van der Waals surface area contributed by atoms with Crippen molar-refractivity contribution < 1.29 is 42.9 Å². The van der Waals surface area contributed by atoms with E-state index in [9.17, 15) is 19.5 Å². The number of rotatable bonds is 59. The van der Waals surface area contributed by atoms with Crippen molar-refractivity contribution in [3.05, 3.63) is 122 Å². The van der Waals surface area contributed by atoms with E-state index in [1.165, 1.54) is 141 Å². The first-order valence-electron chi connectivity index (χ1n) is 32.7. The molecule has 0 N–H and O–H groups in total. The standard InChI is InChI=1S/C72H121NO8/c1-6-8-10-12-14-16-18-20-22-24-26-27-28-29-30-31-32-33-34-35-36-37-38-39-40-41-42-43-45-46-48-50-52-54-56-58-60-62-69(74)79-66-68(67-80-72(71(76)77)78-65-64-73(3,4)5)81-70(75)63-61-59-57-55-53-51-49-47-44-25-23-21-19-17-15-13-11-9-7-2/h8-11,14-17,20-23,26-27,44,47,51,53,57,59,68,72H,6-7,12-13,18-19,24-25,28-43,45-46,48-50,52,54-56,58,60-67H2,1-5H3/b10-8-,11-9-,16-14-,17-15-,22-20-,23-21-,27-26-,47-44-,53-51-,59-57-. The van der Waals surface area contributed by atoms with Gasteiger partial charge < -0.3 is 33.3 Å². The number of carbonyl (C=O) groups excluding carboxylic acids is 3. The van der Waals surface area contributed by atoms with Gasteiger partial charge in [0.25, 0.3) is 0 Å². The van der Waals surface area contributed by atoms with Gasteiger partial charge in [-0.15, -0.1) is 0 Å². The monoisotopic (exact) mass is 1130 g/mol. The molecule has 81 heavy (non-hydrogen) atoms. The average molecular weight is 1130 g/mol. The maximum Gasteiger partial charge on any atom is 0.306 e. The Labute approximate surface area is 497 Å². The number of nitrogens with zero attached hydrogens (tertiary/aromatic N) is 1. The van der Waals surface area contributed by atoms with Crippen molar-refractivity contribution in [3.63, 3.8) is 0 Å². The van der Waals surface area contributed by atoms with Gasteiger partial charge in [0.1, 0.15) is 13.2 Å². The van der Waals surface area contributed by atoms with Gasteiger partial charge >= 0.3 is 11.9 Å². The summed E-state index contributed by atoms with van der Waals surface area (Å²) in [6, 6.07) is 0. The molecule has 0 bridgehead atoms. The van der Waals surface area contributed by atoms with Crippen LogP contribution in [0, 0.1) is 0 Å². The summed E-state index contributed by atoms with van der Waals surface area (Å²) in [6.07, 6.45) is 84.5. The molecule has 0 rings (SSSR count). The summed E-state index contributed by atoms with van der Waals surface area (Å²) in [6.45, 7) is 4.44. The van der Waals surface area contributed by atoms with Crippen molar-refractivity contribution in [2.45, 2.75) is 270 Å². The number of allylic oxidation sites excluding steroid dienone is 20. The molecule has 2 unspecified atom stereocenters. The Kier molecular flexibility index (Phi) is 58.5. The lowest BCUT2D eigenvalue weighted by atomic mass is 10.0. The third-order valence-electron chi connectivity index (χ3n) is 13.7. The van der Waals surface area contributed by atoms with Crippen LogP contribution >= 0.6 is 0 Å². The fraction of sp³-hybridized carbons (Fsp3) is 0.681. The number of unbranched alkanes of at least 4 members (excludes halogenated alkanes) is 24. The van der Waals surface area contributed by atoms with Crippen LogP contribution in [0.25, 0.3) is 0 Å². The van der Waals surface area contributed by atoms with E-state index in [1.54, 1.807) is 0 Å². The molecule has 462 valence electrons. The minimum absolute atomic E-state index is 0.119. The maximum atomic E-state index is 12.8. The minimum atomic E-state index is -1.65. The molecule has 0 saturated heterocycles. The summed E-state index contributed by atoms with van der Waals surface area (Å²) in [5.74, 6) is -2.40. The molecule has 0 aromatic carbocycles. The molecule has 0 aliphatic carbocycles. The van der Waals surface area contributed by atoms with Crippen molar-refractivity contribution in [1.29, 1.82) is 0 Å². The van der Waals surface area contributed by atoms with Crippen LogP contribution in [0.2, 0.25) is 0 Å². The minimum Gasteiger partial charge on any atom is -0.545 e. The summed E-state index contributed by atoms with van der Waals surface area (Å²) in [7, 11) is 5.90. The van der Waals surface area contributed by atoms with E-state index in [1.807, 2.05) is 33.3 Å². The van der Waals surface area contributed by atoms with Crippen LogP contribution in [-0.4, -0.2) is 82.3 Å². The van der Waals surface area contributed by atoms with Crippen LogP contribution in [0.3, 0.4) is 0 Å². The van der Waals surface area contributed by atoms with E-state index in [0.29, 0.717) is 17.4 Å². The number of likely N-dealkylation sites (N-methyl/N-ethyl adjacent to an activating group) is 1. The van der Waals surface area contributed by atoms with Crippen LogP contribution in [0.15, 0.2) is 122 Å². The molecule has 0 aromatic rings. The third kappa shape index (κ3) is 63.1. The zero-order chi connectivity index (χ0) is 59.1. The summed E-state index contributed by atoms with van der Waals surface area (Å²) in [5, 5.41) is 11.8. The first-order chi connectivity index (χ1) is 39.6. The fourth-order valence-corrected chi connectivity index (χ4v) is 8.79. The normalized spacial score (nSPS) is 13.5. The van der Waals surface area contributed by atoms with Crippen molar-refractivity contribution in [2.75, 3.05) is 47.5 Å². The van der Waals surface area contributed by atoms with Gasteiger partial charge in [0.05, 0.1) is 40.3 Å². The zero-order valence-electron chi connectivity index (χ0n) is 52.6. The van der Waals surface area contributed by atoms with Gasteiger partial charge in [0, 0.05) is 12.8 Å². The number of aliphatic carboxylic acids is 1. The van der Waals surface area contributed by atoms with Gasteiger partial charge in [-0.05, 0) is 89.9 Å². The quantitative estimate of drug-likeness (QED) is 0.0195. The molecule has 0 saturated carbocycles. The Balaban J connectivity index is 4.09. The molecule has 0 aromatic heterocycles. The Morgan fingerprint density at radius 2 is 0.691 bits per heavy atom. The summed E-state index contributed by atoms with van der Waals surface area (Å²) < 4.78 is 22.6. The topological polar surface area (TPSA) is 111 Å². The number of carboxylic acid groups (broad SMARTS) is 1. The lowest BCUT2D eigenvalue weighted by Gasteiger charge is -2.26. The highest BCUT2D eigenvalue weighted by Gasteiger charge is 2.21. The molecular weight excluding hydrogens is 1010 g/mol. The molecule has 0 aliphatic heterocycles. The highest BCUT2D eigenvalue weighted by molar-refractivity contribution is 5.70. The van der Waals surface area contributed by atoms with E-state index in [2.05, 4.69) is 123 Å². The van der Waals surface area contributed by atoms with Gasteiger partial charge in [-0.2, -0.15) is 0 Å². The number of quaternary nitrogens is 1. The van der Waals surface area contributed by atoms with Crippen molar-refractivity contribution in [2.24, 2.45) is 0 Å². The summed E-state index contributed by atoms with van der Waals surface area (Å²) >= 11 is 0. The second-order valence-corrected chi connectivity index (χ2v) is 22.6. The van der Waals surface area contributed by atoms with Crippen LogP contribution < -0.4 is 5.11 Å². The molecule has 9 nitrogen and oxygen atoms in total. The Morgan fingerprint density at radius 3 is 1.04 bits per heavy atom. The summed E-state index contributed by atoms with van der Waals surface area (Å²) in [5.41, 5.74) is 0. The molecule has 0 amide bonds. The first kappa shape index (κ1) is 76.7. The largest absolute Gasteiger partial charge is 0.545 e. The molecule has 0 spiro atoms. The van der Waals surface area contributed by atoms with Gasteiger partial charge in [-0.25, -0.2) is 0 Å².